The van der Waals surface area contributed by atoms with E-state index in [4.69, 9.17) is 23.2 Å². The predicted octanol–water partition coefficient (Wildman–Crippen LogP) is 4.28. The van der Waals surface area contributed by atoms with Gasteiger partial charge in [0.05, 0.1) is 14.9 Å². The highest BCUT2D eigenvalue weighted by Gasteiger charge is 2.16. The summed E-state index contributed by atoms with van der Waals surface area (Å²) in [5.41, 5.74) is 0.436. The highest BCUT2D eigenvalue weighted by molar-refractivity contribution is 7.10. The summed E-state index contributed by atoms with van der Waals surface area (Å²) in [5, 5.41) is 12.3. The molecule has 0 fully saturated rings. The van der Waals surface area contributed by atoms with Gasteiger partial charge in [-0.1, -0.05) is 29.3 Å². The Bertz CT molecular complexity index is 512. The Morgan fingerprint density at radius 3 is 2.50 bits per heavy atom. The lowest BCUT2D eigenvalue weighted by molar-refractivity contribution is 0.224. The first kappa shape index (κ1) is 11.9. The Balaban J connectivity index is 2.38. The fourth-order valence-electron chi connectivity index (χ4n) is 1.33. The monoisotopic (exact) mass is 276 g/mol. The van der Waals surface area contributed by atoms with E-state index in [0.29, 0.717) is 15.5 Å². The molecule has 0 aliphatic heterocycles. The van der Waals surface area contributed by atoms with E-state index in [-0.39, 0.29) is 5.02 Å². The van der Waals surface area contributed by atoms with Crippen LogP contribution in [0.25, 0.3) is 0 Å². The van der Waals surface area contributed by atoms with E-state index in [2.05, 4.69) is 0 Å². The average Bonchev–Trinajstić information content (AvgIpc) is 2.67. The first-order valence-corrected chi connectivity index (χ1v) is 6.09. The molecular weight excluding hydrogens is 270 g/mol. The molecule has 0 saturated heterocycles. The van der Waals surface area contributed by atoms with Crippen molar-refractivity contribution in [2.45, 2.75) is 6.10 Å². The first-order chi connectivity index (χ1) is 7.59. The molecule has 5 heteroatoms. The summed E-state index contributed by atoms with van der Waals surface area (Å²) >= 11 is 12.8. The van der Waals surface area contributed by atoms with E-state index in [1.165, 1.54) is 23.5 Å². The zero-order valence-electron chi connectivity index (χ0n) is 7.95. The summed E-state index contributed by atoms with van der Waals surface area (Å²) < 4.78 is 13.2. The number of aliphatic hydroxyl groups excluding tert-OH is 1. The largest absolute Gasteiger partial charge is 0.383 e. The van der Waals surface area contributed by atoms with Gasteiger partial charge in [-0.05, 0) is 29.1 Å². The van der Waals surface area contributed by atoms with Crippen LogP contribution in [0.15, 0.2) is 29.6 Å². The lowest BCUT2D eigenvalue weighted by Crippen LogP contribution is -1.98. The van der Waals surface area contributed by atoms with Crippen molar-refractivity contribution in [2.24, 2.45) is 0 Å². The normalized spacial score (nSPS) is 12.8. The molecule has 2 aromatic rings. The maximum atomic E-state index is 13.2. The van der Waals surface area contributed by atoms with Gasteiger partial charge in [-0.15, -0.1) is 11.3 Å². The van der Waals surface area contributed by atoms with E-state index in [1.54, 1.807) is 17.5 Å². The van der Waals surface area contributed by atoms with Gasteiger partial charge in [-0.2, -0.15) is 0 Å². The summed E-state index contributed by atoms with van der Waals surface area (Å²) in [4.78, 5) is 0.600. The second-order valence-corrected chi connectivity index (χ2v) is 4.97. The van der Waals surface area contributed by atoms with Crippen molar-refractivity contribution >= 4 is 34.5 Å². The summed E-state index contributed by atoms with van der Waals surface area (Å²) in [6.45, 7) is 0. The van der Waals surface area contributed by atoms with E-state index in [1.807, 2.05) is 0 Å². The molecule has 0 bridgehead atoms. The van der Waals surface area contributed by atoms with Crippen LogP contribution in [-0.2, 0) is 0 Å². The van der Waals surface area contributed by atoms with Crippen LogP contribution in [0, 0.1) is 5.82 Å². The van der Waals surface area contributed by atoms with Crippen molar-refractivity contribution in [1.82, 2.24) is 0 Å². The first-order valence-electron chi connectivity index (χ1n) is 4.45. The number of hydrogen-bond acceptors (Lipinski definition) is 2. The summed E-state index contributed by atoms with van der Waals surface area (Å²) in [5.74, 6) is -0.550. The topological polar surface area (TPSA) is 20.2 Å². The third-order valence-electron chi connectivity index (χ3n) is 2.15. The van der Waals surface area contributed by atoms with Crippen molar-refractivity contribution in [3.05, 3.63) is 55.9 Å². The Kier molecular flexibility index (Phi) is 3.50. The Morgan fingerprint density at radius 2 is 1.94 bits per heavy atom. The summed E-state index contributed by atoms with van der Waals surface area (Å²) in [6.07, 6.45) is -0.917. The number of thiophene rings is 1. The zero-order valence-corrected chi connectivity index (χ0v) is 10.3. The minimum atomic E-state index is -0.917. The fourth-order valence-corrected chi connectivity index (χ4v) is 2.62. The molecule has 1 atom stereocenters. The predicted molar refractivity (Wildman–Crippen MR) is 64.8 cm³/mol. The number of rotatable bonds is 2. The second kappa shape index (κ2) is 4.72. The molecule has 0 amide bonds. The third-order valence-corrected chi connectivity index (χ3v) is 3.87. The van der Waals surface area contributed by atoms with Gasteiger partial charge < -0.3 is 5.11 Å². The van der Waals surface area contributed by atoms with E-state index < -0.39 is 11.9 Å². The van der Waals surface area contributed by atoms with Crippen LogP contribution in [0.2, 0.25) is 10.0 Å². The van der Waals surface area contributed by atoms with Crippen molar-refractivity contribution in [1.29, 1.82) is 0 Å². The minimum absolute atomic E-state index is 0.0354. The van der Waals surface area contributed by atoms with Gasteiger partial charge in [0.15, 0.2) is 0 Å². The van der Waals surface area contributed by atoms with Gasteiger partial charge in [0.1, 0.15) is 11.9 Å². The zero-order chi connectivity index (χ0) is 11.7. The van der Waals surface area contributed by atoms with Crippen LogP contribution in [0.5, 0.6) is 0 Å². The lowest BCUT2D eigenvalue weighted by atomic mass is 10.1. The SMILES string of the molecule is OC(c1ccc(Cl)c(F)c1)c1sccc1Cl. The summed E-state index contributed by atoms with van der Waals surface area (Å²) in [6, 6.07) is 5.89. The standard InChI is InChI=1S/C11H7Cl2FOS/c12-7-2-1-6(5-9(7)14)10(15)11-8(13)3-4-16-11/h1-5,10,15H. The highest BCUT2D eigenvalue weighted by atomic mass is 35.5. The van der Waals surface area contributed by atoms with Gasteiger partial charge >= 0.3 is 0 Å². The number of hydrogen-bond donors (Lipinski definition) is 1. The molecule has 16 heavy (non-hydrogen) atoms. The average molecular weight is 277 g/mol. The molecule has 84 valence electrons. The number of halogens is 3. The number of aliphatic hydroxyl groups is 1. The van der Waals surface area contributed by atoms with Crippen LogP contribution in [0.1, 0.15) is 16.5 Å². The second-order valence-electron chi connectivity index (χ2n) is 3.21. The number of benzene rings is 1. The molecule has 1 aromatic carbocycles. The quantitative estimate of drug-likeness (QED) is 0.868. The molecule has 0 saturated carbocycles. The molecule has 1 aromatic heterocycles. The molecule has 1 N–H and O–H groups in total. The molecule has 2 rings (SSSR count). The molecule has 1 nitrogen and oxygen atoms in total. The lowest BCUT2D eigenvalue weighted by Gasteiger charge is -2.10. The smallest absolute Gasteiger partial charge is 0.142 e. The molecule has 1 unspecified atom stereocenters. The van der Waals surface area contributed by atoms with Crippen LogP contribution in [0.4, 0.5) is 4.39 Å². The van der Waals surface area contributed by atoms with Gasteiger partial charge in [-0.3, -0.25) is 0 Å². The maximum Gasteiger partial charge on any atom is 0.142 e. The van der Waals surface area contributed by atoms with E-state index in [9.17, 15) is 9.50 Å². The molecule has 0 aliphatic carbocycles. The van der Waals surface area contributed by atoms with Crippen molar-refractivity contribution in [3.63, 3.8) is 0 Å². The Hall–Kier alpha value is -0.610. The Morgan fingerprint density at radius 1 is 1.19 bits per heavy atom. The third kappa shape index (κ3) is 2.23. The maximum absolute atomic E-state index is 13.2. The fraction of sp³-hybridized carbons (Fsp3) is 0.0909. The van der Waals surface area contributed by atoms with Gasteiger partial charge in [0.25, 0.3) is 0 Å². The van der Waals surface area contributed by atoms with Crippen LogP contribution in [-0.4, -0.2) is 5.11 Å². The van der Waals surface area contributed by atoms with Gasteiger partial charge in [0, 0.05) is 0 Å². The van der Waals surface area contributed by atoms with E-state index >= 15 is 0 Å². The molecule has 1 heterocycles. The molecule has 0 radical (unpaired) electrons. The Labute approximate surface area is 106 Å². The van der Waals surface area contributed by atoms with Gasteiger partial charge in [0.2, 0.25) is 0 Å². The van der Waals surface area contributed by atoms with Crippen molar-refractivity contribution < 1.29 is 9.50 Å². The van der Waals surface area contributed by atoms with Crippen LogP contribution in [0.3, 0.4) is 0 Å². The van der Waals surface area contributed by atoms with Crippen LogP contribution < -0.4 is 0 Å². The molecule has 0 aliphatic rings. The minimum Gasteiger partial charge on any atom is -0.383 e. The van der Waals surface area contributed by atoms with Crippen molar-refractivity contribution in [3.8, 4) is 0 Å². The molecular formula is C11H7Cl2FOS. The van der Waals surface area contributed by atoms with Gasteiger partial charge in [-0.25, -0.2) is 4.39 Å². The molecule has 0 spiro atoms. The highest BCUT2D eigenvalue weighted by Crippen LogP contribution is 2.33. The van der Waals surface area contributed by atoms with Crippen molar-refractivity contribution in [2.75, 3.05) is 0 Å². The summed E-state index contributed by atoms with van der Waals surface area (Å²) in [7, 11) is 0. The van der Waals surface area contributed by atoms with E-state index in [0.717, 1.165) is 0 Å². The van der Waals surface area contributed by atoms with Crippen LogP contribution >= 0.6 is 34.5 Å².